The molecule has 1 aliphatic rings. The molecule has 26 heavy (non-hydrogen) atoms. The van der Waals surface area contributed by atoms with Crippen molar-refractivity contribution in [3.63, 3.8) is 0 Å². The Labute approximate surface area is 163 Å². The van der Waals surface area contributed by atoms with E-state index in [0.717, 1.165) is 12.8 Å². The lowest BCUT2D eigenvalue weighted by molar-refractivity contribution is -0.131. The van der Waals surface area contributed by atoms with E-state index < -0.39 is 6.43 Å². The normalized spacial score (nSPS) is 14.3. The van der Waals surface area contributed by atoms with E-state index >= 15 is 0 Å². The van der Waals surface area contributed by atoms with Gasteiger partial charge in [0.1, 0.15) is 17.9 Å². The van der Waals surface area contributed by atoms with E-state index in [1.165, 1.54) is 9.58 Å². The van der Waals surface area contributed by atoms with E-state index in [2.05, 4.69) is 26.1 Å². The molecule has 0 aliphatic heterocycles. The number of alkyl halides is 2. The highest BCUT2D eigenvalue weighted by molar-refractivity contribution is 9.10. The molecule has 2 heterocycles. The Morgan fingerprint density at radius 1 is 1.46 bits per heavy atom. The van der Waals surface area contributed by atoms with Crippen LogP contribution in [0.1, 0.15) is 49.2 Å². The van der Waals surface area contributed by atoms with Crippen molar-refractivity contribution in [2.75, 3.05) is 7.05 Å². The predicted molar refractivity (Wildman–Crippen MR) is 96.2 cm³/mol. The molecule has 0 unspecified atom stereocenters. The molecule has 1 aliphatic carbocycles. The van der Waals surface area contributed by atoms with Gasteiger partial charge in [-0.05, 0) is 35.7 Å². The molecule has 3 rings (SSSR count). The van der Waals surface area contributed by atoms with Gasteiger partial charge in [0, 0.05) is 25.7 Å². The Kier molecular flexibility index (Phi) is 5.67. The highest BCUT2D eigenvalue weighted by Crippen LogP contribution is 2.45. The van der Waals surface area contributed by atoms with Gasteiger partial charge in [-0.25, -0.2) is 8.78 Å². The zero-order valence-corrected chi connectivity index (χ0v) is 16.8. The molecule has 0 radical (unpaired) electrons. The van der Waals surface area contributed by atoms with Crippen molar-refractivity contribution >= 4 is 33.4 Å². The summed E-state index contributed by atoms with van der Waals surface area (Å²) in [6, 6.07) is 0. The number of hydrogen-bond donors (Lipinski definition) is 0. The summed E-state index contributed by atoms with van der Waals surface area (Å²) in [6.45, 7) is 2.77. The Morgan fingerprint density at radius 2 is 2.15 bits per heavy atom. The third kappa shape index (κ3) is 3.93. The zero-order chi connectivity index (χ0) is 19.0. The number of halogens is 4. The summed E-state index contributed by atoms with van der Waals surface area (Å²) in [4.78, 5) is 14.0. The molecule has 142 valence electrons. The average Bonchev–Trinajstić information content (AvgIpc) is 3.28. The minimum absolute atomic E-state index is 0.0975. The minimum Gasteiger partial charge on any atom is -0.338 e. The quantitative estimate of drug-likeness (QED) is 0.641. The van der Waals surface area contributed by atoms with E-state index in [9.17, 15) is 13.6 Å². The summed E-state index contributed by atoms with van der Waals surface area (Å²) < 4.78 is 29.7. The summed E-state index contributed by atoms with van der Waals surface area (Å²) in [5.74, 6) is -0.0676. The Hall–Kier alpha value is -1.48. The van der Waals surface area contributed by atoms with Crippen LogP contribution in [0.3, 0.4) is 0 Å². The van der Waals surface area contributed by atoms with Crippen LogP contribution in [0.4, 0.5) is 8.78 Å². The number of amides is 1. The summed E-state index contributed by atoms with van der Waals surface area (Å²) >= 11 is 9.36. The van der Waals surface area contributed by atoms with E-state index in [0.29, 0.717) is 27.4 Å². The number of nitrogens with zero attached hydrogens (tertiary/aromatic N) is 5. The number of likely N-dealkylation sites (N-methyl/N-ethyl adjacent to an activating group) is 1. The van der Waals surface area contributed by atoms with Gasteiger partial charge in [0.15, 0.2) is 0 Å². The van der Waals surface area contributed by atoms with Gasteiger partial charge in [-0.2, -0.15) is 10.2 Å². The fraction of sp³-hybridized carbons (Fsp3) is 0.562. The number of hydrogen-bond acceptors (Lipinski definition) is 3. The monoisotopic (exact) mass is 449 g/mol. The van der Waals surface area contributed by atoms with Gasteiger partial charge in [0.25, 0.3) is 6.43 Å². The maximum absolute atomic E-state index is 13.1. The van der Waals surface area contributed by atoms with Crippen molar-refractivity contribution in [2.24, 2.45) is 0 Å². The topological polar surface area (TPSA) is 56.0 Å². The predicted octanol–water partition coefficient (Wildman–Crippen LogP) is 3.99. The molecule has 10 heteroatoms. The first-order valence-corrected chi connectivity index (χ1v) is 9.48. The second-order valence-electron chi connectivity index (χ2n) is 6.35. The summed E-state index contributed by atoms with van der Waals surface area (Å²) in [5.41, 5.74) is 0.962. The maximum atomic E-state index is 13.1. The fourth-order valence-electron chi connectivity index (χ4n) is 2.75. The largest absolute Gasteiger partial charge is 0.338 e. The van der Waals surface area contributed by atoms with Crippen LogP contribution in [0.5, 0.6) is 0 Å². The second-order valence-corrected chi connectivity index (χ2v) is 7.55. The van der Waals surface area contributed by atoms with Crippen molar-refractivity contribution < 1.29 is 13.6 Å². The molecular weight excluding hydrogens is 432 g/mol. The number of carbonyl (C=O) groups excluding carboxylic acids is 1. The molecule has 0 saturated heterocycles. The maximum Gasteiger partial charge on any atom is 0.283 e. The third-order valence-corrected chi connectivity index (χ3v) is 5.46. The third-order valence-electron chi connectivity index (χ3n) is 4.34. The Morgan fingerprint density at radius 3 is 2.69 bits per heavy atom. The van der Waals surface area contributed by atoms with Gasteiger partial charge < -0.3 is 4.90 Å². The van der Waals surface area contributed by atoms with E-state index in [1.54, 1.807) is 17.9 Å². The van der Waals surface area contributed by atoms with Crippen LogP contribution in [0.2, 0.25) is 5.02 Å². The fourth-order valence-corrected chi connectivity index (χ4v) is 3.74. The van der Waals surface area contributed by atoms with Crippen LogP contribution in [-0.4, -0.2) is 37.4 Å². The zero-order valence-electron chi connectivity index (χ0n) is 14.4. The molecule has 0 aromatic carbocycles. The molecule has 6 nitrogen and oxygen atoms in total. The molecule has 2 aromatic rings. The lowest BCUT2D eigenvalue weighted by atomic mass is 10.2. The first-order valence-electron chi connectivity index (χ1n) is 8.31. The highest BCUT2D eigenvalue weighted by atomic mass is 79.9. The highest BCUT2D eigenvalue weighted by Gasteiger charge is 2.34. The van der Waals surface area contributed by atoms with Crippen LogP contribution in [0, 0.1) is 0 Å². The van der Waals surface area contributed by atoms with Crippen molar-refractivity contribution in [1.29, 1.82) is 0 Å². The van der Waals surface area contributed by atoms with Gasteiger partial charge >= 0.3 is 0 Å². The number of aryl methyl sites for hydroxylation is 1. The standard InChI is InChI=1S/C16H19BrClF2N5O/c1-3-24-6-10(18)11(21-24)7-23(2)12(26)8-25-15(9-4-5-9)13(17)14(22-25)16(19)20/h6,9,16H,3-5,7-8H2,1-2H3. The van der Waals surface area contributed by atoms with Crippen molar-refractivity contribution in [1.82, 2.24) is 24.5 Å². The van der Waals surface area contributed by atoms with Crippen LogP contribution >= 0.6 is 27.5 Å². The van der Waals surface area contributed by atoms with Crippen LogP contribution in [-0.2, 0) is 24.4 Å². The molecule has 1 saturated carbocycles. The molecule has 0 bridgehead atoms. The van der Waals surface area contributed by atoms with E-state index in [-0.39, 0.29) is 30.6 Å². The number of aromatic nitrogens is 4. The molecule has 1 fully saturated rings. The van der Waals surface area contributed by atoms with Gasteiger partial charge in [-0.15, -0.1) is 0 Å². The smallest absolute Gasteiger partial charge is 0.283 e. The van der Waals surface area contributed by atoms with Crippen molar-refractivity contribution in [2.45, 2.75) is 51.7 Å². The lowest BCUT2D eigenvalue weighted by Gasteiger charge is -2.17. The first-order chi connectivity index (χ1) is 12.3. The molecule has 0 spiro atoms. The SMILES string of the molecule is CCn1cc(Cl)c(CN(C)C(=O)Cn2nc(C(F)F)c(Br)c2C2CC2)n1. The number of carbonyl (C=O) groups is 1. The summed E-state index contributed by atoms with van der Waals surface area (Å²) in [5, 5.41) is 8.77. The van der Waals surface area contributed by atoms with Gasteiger partial charge in [-0.3, -0.25) is 14.2 Å². The molecule has 0 N–H and O–H groups in total. The summed E-state index contributed by atoms with van der Waals surface area (Å²) in [7, 11) is 1.63. The molecular formula is C16H19BrClF2N5O. The van der Waals surface area contributed by atoms with E-state index in [1.807, 2.05) is 6.92 Å². The Bertz CT molecular complexity index is 818. The van der Waals surface area contributed by atoms with Gasteiger partial charge in [0.05, 0.1) is 21.7 Å². The van der Waals surface area contributed by atoms with E-state index in [4.69, 9.17) is 11.6 Å². The van der Waals surface area contributed by atoms with Crippen LogP contribution < -0.4 is 0 Å². The van der Waals surface area contributed by atoms with Crippen molar-refractivity contribution in [3.05, 3.63) is 32.8 Å². The van der Waals surface area contributed by atoms with Crippen molar-refractivity contribution in [3.8, 4) is 0 Å². The van der Waals surface area contributed by atoms with Crippen LogP contribution in [0.25, 0.3) is 0 Å². The van der Waals surface area contributed by atoms with Crippen LogP contribution in [0.15, 0.2) is 10.7 Å². The van der Waals surface area contributed by atoms with Gasteiger partial charge in [0.2, 0.25) is 5.91 Å². The first kappa shape index (κ1) is 19.3. The number of rotatable bonds is 7. The second kappa shape index (κ2) is 7.64. The molecule has 0 atom stereocenters. The minimum atomic E-state index is -2.69. The molecule has 1 amide bonds. The molecule has 2 aromatic heterocycles. The lowest BCUT2D eigenvalue weighted by Crippen LogP contribution is -2.31. The average molecular weight is 451 g/mol. The Balaban J connectivity index is 1.75. The summed E-state index contributed by atoms with van der Waals surface area (Å²) in [6.07, 6.45) is 0.856. The van der Waals surface area contributed by atoms with Gasteiger partial charge in [-0.1, -0.05) is 11.6 Å².